The highest BCUT2D eigenvalue weighted by molar-refractivity contribution is 8.00. The minimum Gasteiger partial charge on any atom is -0.478 e. The van der Waals surface area contributed by atoms with Crippen molar-refractivity contribution in [3.05, 3.63) is 29.6 Å². The van der Waals surface area contributed by atoms with Gasteiger partial charge in [0, 0.05) is 16.8 Å². The number of halogens is 1. The smallest absolute Gasteiger partial charge is 0.335 e. The van der Waals surface area contributed by atoms with E-state index in [0.717, 1.165) is 6.07 Å². The fourth-order valence-electron chi connectivity index (χ4n) is 1.19. The van der Waals surface area contributed by atoms with Gasteiger partial charge in [0.05, 0.1) is 5.56 Å². The number of hydrogen-bond donors (Lipinski definition) is 2. The molecule has 0 aliphatic heterocycles. The molecule has 88 valence electrons. The summed E-state index contributed by atoms with van der Waals surface area (Å²) in [5, 5.41) is 17.5. The fourth-order valence-corrected chi connectivity index (χ4v) is 2.16. The van der Waals surface area contributed by atoms with E-state index < -0.39 is 11.8 Å². The van der Waals surface area contributed by atoms with E-state index in [9.17, 15) is 9.18 Å². The van der Waals surface area contributed by atoms with Crippen LogP contribution >= 0.6 is 11.8 Å². The third-order valence-corrected chi connectivity index (χ3v) is 3.27. The standard InChI is InChI=1S/C11H13FO3S/c1-7(4-5-13)16-10-3-2-8(11(14)15)6-9(10)12/h2-3,6-7,13H,4-5H2,1H3,(H,14,15). The van der Waals surface area contributed by atoms with Crippen LogP contribution in [-0.2, 0) is 0 Å². The van der Waals surface area contributed by atoms with Crippen molar-refractivity contribution >= 4 is 17.7 Å². The van der Waals surface area contributed by atoms with Gasteiger partial charge in [-0.3, -0.25) is 0 Å². The quantitative estimate of drug-likeness (QED) is 0.781. The highest BCUT2D eigenvalue weighted by Crippen LogP contribution is 2.28. The van der Waals surface area contributed by atoms with Crippen LogP contribution in [0.4, 0.5) is 4.39 Å². The van der Waals surface area contributed by atoms with Crippen LogP contribution in [0.25, 0.3) is 0 Å². The molecule has 0 saturated heterocycles. The SMILES string of the molecule is CC(CCO)Sc1ccc(C(=O)O)cc1F. The molecule has 0 heterocycles. The number of carboxylic acid groups (broad SMARTS) is 1. The van der Waals surface area contributed by atoms with E-state index in [1.54, 1.807) is 0 Å². The van der Waals surface area contributed by atoms with Crippen molar-refractivity contribution in [3.63, 3.8) is 0 Å². The lowest BCUT2D eigenvalue weighted by molar-refractivity contribution is 0.0696. The minimum absolute atomic E-state index is 0.0585. The van der Waals surface area contributed by atoms with Crippen molar-refractivity contribution in [2.75, 3.05) is 6.61 Å². The molecule has 0 bridgehead atoms. The van der Waals surface area contributed by atoms with Gasteiger partial charge in [-0.05, 0) is 24.6 Å². The molecule has 0 amide bonds. The van der Waals surface area contributed by atoms with Gasteiger partial charge in [0.15, 0.2) is 0 Å². The van der Waals surface area contributed by atoms with Gasteiger partial charge in [-0.1, -0.05) is 6.92 Å². The van der Waals surface area contributed by atoms with Crippen LogP contribution in [0.2, 0.25) is 0 Å². The summed E-state index contributed by atoms with van der Waals surface area (Å²) in [4.78, 5) is 11.0. The van der Waals surface area contributed by atoms with Crippen LogP contribution < -0.4 is 0 Å². The summed E-state index contributed by atoms with van der Waals surface area (Å²) in [5.41, 5.74) is -0.0586. The van der Waals surface area contributed by atoms with E-state index in [1.807, 2.05) is 6.92 Å². The Labute approximate surface area is 97.3 Å². The molecule has 1 atom stereocenters. The lowest BCUT2D eigenvalue weighted by atomic mass is 10.2. The number of carbonyl (C=O) groups is 1. The molecule has 0 spiro atoms. The molecule has 0 aliphatic rings. The van der Waals surface area contributed by atoms with Gasteiger partial charge in [0.25, 0.3) is 0 Å². The molecule has 0 fully saturated rings. The summed E-state index contributed by atoms with van der Waals surface area (Å²) in [7, 11) is 0. The van der Waals surface area contributed by atoms with Crippen LogP contribution in [-0.4, -0.2) is 28.0 Å². The molecule has 0 aromatic heterocycles. The first-order valence-electron chi connectivity index (χ1n) is 4.85. The molecule has 1 rings (SSSR count). The van der Waals surface area contributed by atoms with Crippen molar-refractivity contribution in [1.82, 2.24) is 0 Å². The number of aromatic carboxylic acids is 1. The summed E-state index contributed by atoms with van der Waals surface area (Å²) in [6.45, 7) is 1.94. The molecule has 1 aromatic carbocycles. The maximum Gasteiger partial charge on any atom is 0.335 e. The molecule has 5 heteroatoms. The molecule has 0 aliphatic carbocycles. The molecule has 2 N–H and O–H groups in total. The molecular formula is C11H13FO3S. The summed E-state index contributed by atoms with van der Waals surface area (Å²) in [5.74, 6) is -1.67. The lowest BCUT2D eigenvalue weighted by Crippen LogP contribution is -2.01. The third-order valence-electron chi connectivity index (χ3n) is 2.04. The van der Waals surface area contributed by atoms with Crippen molar-refractivity contribution in [2.45, 2.75) is 23.5 Å². The number of rotatable bonds is 5. The predicted octanol–water partition coefficient (Wildman–Crippen LogP) is 2.39. The average molecular weight is 244 g/mol. The summed E-state index contributed by atoms with van der Waals surface area (Å²) in [6.07, 6.45) is 0.574. The Balaban J connectivity index is 2.79. The van der Waals surface area contributed by atoms with Gasteiger partial charge in [0.1, 0.15) is 5.82 Å². The van der Waals surface area contributed by atoms with Gasteiger partial charge < -0.3 is 10.2 Å². The van der Waals surface area contributed by atoms with Crippen molar-refractivity contribution in [3.8, 4) is 0 Å². The number of benzene rings is 1. The maximum atomic E-state index is 13.5. The molecule has 0 radical (unpaired) electrons. The minimum atomic E-state index is -1.14. The van der Waals surface area contributed by atoms with E-state index in [2.05, 4.69) is 0 Å². The zero-order valence-electron chi connectivity index (χ0n) is 8.81. The van der Waals surface area contributed by atoms with Crippen molar-refractivity contribution in [2.24, 2.45) is 0 Å². The van der Waals surface area contributed by atoms with E-state index in [4.69, 9.17) is 10.2 Å². The van der Waals surface area contributed by atoms with Gasteiger partial charge >= 0.3 is 5.97 Å². The van der Waals surface area contributed by atoms with Crippen LogP contribution in [0.3, 0.4) is 0 Å². The fraction of sp³-hybridized carbons (Fsp3) is 0.364. The van der Waals surface area contributed by atoms with Crippen LogP contribution in [0.5, 0.6) is 0 Å². The monoisotopic (exact) mass is 244 g/mol. The second kappa shape index (κ2) is 5.86. The number of aliphatic hydroxyl groups excluding tert-OH is 1. The second-order valence-electron chi connectivity index (χ2n) is 3.39. The normalized spacial score (nSPS) is 12.4. The first-order valence-corrected chi connectivity index (χ1v) is 5.73. The predicted molar refractivity (Wildman–Crippen MR) is 60.4 cm³/mol. The van der Waals surface area contributed by atoms with E-state index in [1.165, 1.54) is 23.9 Å². The van der Waals surface area contributed by atoms with Gasteiger partial charge in [-0.15, -0.1) is 11.8 Å². The summed E-state index contributed by atoms with van der Waals surface area (Å²) >= 11 is 1.29. The molecule has 1 aromatic rings. The summed E-state index contributed by atoms with van der Waals surface area (Å²) in [6, 6.07) is 3.84. The van der Waals surface area contributed by atoms with Crippen molar-refractivity contribution < 1.29 is 19.4 Å². The molecule has 1 unspecified atom stereocenters. The average Bonchev–Trinajstić information content (AvgIpc) is 2.21. The molecular weight excluding hydrogens is 231 g/mol. The molecule has 3 nitrogen and oxygen atoms in total. The van der Waals surface area contributed by atoms with Gasteiger partial charge in [0.2, 0.25) is 0 Å². The number of carboxylic acids is 1. The van der Waals surface area contributed by atoms with E-state index in [0.29, 0.717) is 11.3 Å². The van der Waals surface area contributed by atoms with E-state index >= 15 is 0 Å². The Morgan fingerprint density at radius 1 is 1.56 bits per heavy atom. The Morgan fingerprint density at radius 2 is 2.25 bits per heavy atom. The zero-order valence-corrected chi connectivity index (χ0v) is 9.63. The molecule has 16 heavy (non-hydrogen) atoms. The number of hydrogen-bond acceptors (Lipinski definition) is 3. The van der Waals surface area contributed by atoms with Gasteiger partial charge in [-0.2, -0.15) is 0 Å². The Kier molecular flexibility index (Phi) is 4.76. The highest BCUT2D eigenvalue weighted by atomic mass is 32.2. The first kappa shape index (κ1) is 13.0. The largest absolute Gasteiger partial charge is 0.478 e. The van der Waals surface area contributed by atoms with Crippen LogP contribution in [0, 0.1) is 5.82 Å². The van der Waals surface area contributed by atoms with Gasteiger partial charge in [-0.25, -0.2) is 9.18 Å². The Morgan fingerprint density at radius 3 is 2.75 bits per heavy atom. The zero-order chi connectivity index (χ0) is 12.1. The summed E-state index contributed by atoms with van der Waals surface area (Å²) < 4.78 is 13.5. The lowest BCUT2D eigenvalue weighted by Gasteiger charge is -2.10. The second-order valence-corrected chi connectivity index (χ2v) is 4.87. The maximum absolute atomic E-state index is 13.5. The first-order chi connectivity index (χ1) is 7.54. The molecule has 0 saturated carbocycles. The van der Waals surface area contributed by atoms with E-state index in [-0.39, 0.29) is 17.4 Å². The Hall–Kier alpha value is -1.07. The Bertz CT molecular complexity index is 381. The topological polar surface area (TPSA) is 57.5 Å². The number of thioether (sulfide) groups is 1. The third kappa shape index (κ3) is 3.50. The van der Waals surface area contributed by atoms with Crippen LogP contribution in [0.15, 0.2) is 23.1 Å². The highest BCUT2D eigenvalue weighted by Gasteiger charge is 2.11. The van der Waals surface area contributed by atoms with Crippen molar-refractivity contribution in [1.29, 1.82) is 0 Å². The van der Waals surface area contributed by atoms with Crippen LogP contribution in [0.1, 0.15) is 23.7 Å². The number of aliphatic hydroxyl groups is 1.